The average Bonchev–Trinajstić information content (AvgIpc) is 2.80. The topological polar surface area (TPSA) is 46.2 Å². The van der Waals surface area contributed by atoms with Crippen molar-refractivity contribution in [3.63, 3.8) is 0 Å². The van der Waals surface area contributed by atoms with E-state index in [4.69, 9.17) is 5.73 Å². The highest BCUT2D eigenvalue weighted by Crippen LogP contribution is 2.47. The van der Waals surface area contributed by atoms with Crippen LogP contribution < -0.4 is 5.73 Å². The summed E-state index contributed by atoms with van der Waals surface area (Å²) >= 11 is 0. The third kappa shape index (κ3) is 1.27. The third-order valence-electron chi connectivity index (χ3n) is 3.67. The van der Waals surface area contributed by atoms with Gasteiger partial charge in [0.15, 0.2) is 0 Å². The van der Waals surface area contributed by atoms with Crippen molar-refractivity contribution in [3.8, 4) is 0 Å². The van der Waals surface area contributed by atoms with Gasteiger partial charge < -0.3 is 10.8 Å². The van der Waals surface area contributed by atoms with Gasteiger partial charge in [0.05, 0.1) is 5.60 Å². The molecule has 1 unspecified atom stereocenters. The van der Waals surface area contributed by atoms with Crippen LogP contribution in [0.2, 0.25) is 0 Å². The lowest BCUT2D eigenvalue weighted by Crippen LogP contribution is -2.46. The van der Waals surface area contributed by atoms with Crippen LogP contribution in [-0.4, -0.2) is 17.3 Å². The molecule has 3 N–H and O–H groups in total. The van der Waals surface area contributed by atoms with Crippen LogP contribution in [0.25, 0.3) is 0 Å². The molecule has 0 aromatic rings. The average molecular weight is 169 g/mol. The quantitative estimate of drug-likeness (QED) is 0.668. The van der Waals surface area contributed by atoms with Crippen molar-refractivity contribution in [2.45, 2.75) is 44.1 Å². The zero-order valence-electron chi connectivity index (χ0n) is 7.63. The number of hydrogen-bond acceptors (Lipinski definition) is 2. The Morgan fingerprint density at radius 3 is 2.00 bits per heavy atom. The molecule has 2 saturated carbocycles. The third-order valence-corrected chi connectivity index (χ3v) is 3.67. The van der Waals surface area contributed by atoms with Gasteiger partial charge in [-0.05, 0) is 37.5 Å². The lowest BCUT2D eigenvalue weighted by molar-refractivity contribution is -0.0285. The van der Waals surface area contributed by atoms with Crippen LogP contribution in [0.1, 0.15) is 38.5 Å². The fourth-order valence-corrected chi connectivity index (χ4v) is 2.68. The molecule has 2 aliphatic carbocycles. The van der Waals surface area contributed by atoms with Gasteiger partial charge in [-0.2, -0.15) is 0 Å². The van der Waals surface area contributed by atoms with Gasteiger partial charge in [0, 0.05) is 6.54 Å². The second-order valence-corrected chi connectivity index (χ2v) is 4.45. The smallest absolute Gasteiger partial charge is 0.0825 e. The Morgan fingerprint density at radius 1 is 1.08 bits per heavy atom. The maximum atomic E-state index is 10.3. The van der Waals surface area contributed by atoms with E-state index in [2.05, 4.69) is 0 Å². The second-order valence-electron chi connectivity index (χ2n) is 4.45. The molecule has 2 heteroatoms. The van der Waals surface area contributed by atoms with Gasteiger partial charge in [0.1, 0.15) is 0 Å². The van der Waals surface area contributed by atoms with Gasteiger partial charge >= 0.3 is 0 Å². The monoisotopic (exact) mass is 169 g/mol. The summed E-state index contributed by atoms with van der Waals surface area (Å²) in [4.78, 5) is 0. The Kier molecular flexibility index (Phi) is 2.13. The van der Waals surface area contributed by atoms with Crippen LogP contribution in [0.4, 0.5) is 0 Å². The number of aliphatic hydroxyl groups is 1. The fourth-order valence-electron chi connectivity index (χ4n) is 2.68. The molecule has 0 heterocycles. The largest absolute Gasteiger partial charge is 0.388 e. The predicted molar refractivity (Wildman–Crippen MR) is 48.7 cm³/mol. The Balaban J connectivity index is 2.03. The van der Waals surface area contributed by atoms with E-state index < -0.39 is 5.60 Å². The lowest BCUT2D eigenvalue weighted by atomic mass is 9.82. The minimum Gasteiger partial charge on any atom is -0.388 e. The van der Waals surface area contributed by atoms with E-state index in [0.717, 1.165) is 0 Å². The molecule has 0 radical (unpaired) electrons. The summed E-state index contributed by atoms with van der Waals surface area (Å²) in [5.74, 6) is 1.04. The summed E-state index contributed by atoms with van der Waals surface area (Å²) in [5, 5.41) is 10.3. The van der Waals surface area contributed by atoms with Crippen molar-refractivity contribution >= 4 is 0 Å². The van der Waals surface area contributed by atoms with Crippen molar-refractivity contribution in [1.29, 1.82) is 0 Å². The minimum atomic E-state index is -0.490. The highest BCUT2D eigenvalue weighted by atomic mass is 16.3. The molecule has 0 aliphatic heterocycles. The maximum absolute atomic E-state index is 10.3. The van der Waals surface area contributed by atoms with Gasteiger partial charge in [-0.15, -0.1) is 0 Å². The standard InChI is InChI=1S/C10H19NO/c11-7-10(12,9-5-6-9)8-3-1-2-4-8/h8-9,12H,1-7,11H2. The van der Waals surface area contributed by atoms with Crippen LogP contribution >= 0.6 is 0 Å². The Morgan fingerprint density at radius 2 is 1.58 bits per heavy atom. The number of nitrogens with two attached hydrogens (primary N) is 1. The summed E-state index contributed by atoms with van der Waals surface area (Å²) in [6, 6.07) is 0. The highest BCUT2D eigenvalue weighted by Gasteiger charge is 2.48. The summed E-state index contributed by atoms with van der Waals surface area (Å²) in [6.45, 7) is 0.475. The van der Waals surface area contributed by atoms with E-state index in [0.29, 0.717) is 18.4 Å². The van der Waals surface area contributed by atoms with Gasteiger partial charge in [-0.3, -0.25) is 0 Å². The molecule has 2 rings (SSSR count). The molecule has 1 atom stereocenters. The van der Waals surface area contributed by atoms with Crippen LogP contribution in [-0.2, 0) is 0 Å². The maximum Gasteiger partial charge on any atom is 0.0825 e. The van der Waals surface area contributed by atoms with Gasteiger partial charge in [-0.1, -0.05) is 12.8 Å². The molecule has 0 saturated heterocycles. The molecule has 0 spiro atoms. The molecule has 0 aromatic carbocycles. The first-order valence-corrected chi connectivity index (χ1v) is 5.20. The van der Waals surface area contributed by atoms with Crippen LogP contribution in [0.3, 0.4) is 0 Å². The summed E-state index contributed by atoms with van der Waals surface area (Å²) in [5.41, 5.74) is 5.19. The van der Waals surface area contributed by atoms with E-state index >= 15 is 0 Å². The van der Waals surface area contributed by atoms with Crippen molar-refractivity contribution < 1.29 is 5.11 Å². The number of hydrogen-bond donors (Lipinski definition) is 2. The molecular formula is C10H19NO. The number of rotatable bonds is 3. The van der Waals surface area contributed by atoms with Crippen molar-refractivity contribution in [2.24, 2.45) is 17.6 Å². The van der Waals surface area contributed by atoms with Crippen LogP contribution in [0.5, 0.6) is 0 Å². The Hall–Kier alpha value is -0.0800. The predicted octanol–water partition coefficient (Wildman–Crippen LogP) is 1.28. The summed E-state index contributed by atoms with van der Waals surface area (Å²) in [7, 11) is 0. The molecule has 0 amide bonds. The minimum absolute atomic E-state index is 0.475. The van der Waals surface area contributed by atoms with E-state index in [9.17, 15) is 5.11 Å². The molecule has 2 fully saturated rings. The van der Waals surface area contributed by atoms with E-state index in [-0.39, 0.29) is 0 Å². The van der Waals surface area contributed by atoms with Gasteiger partial charge in [0.2, 0.25) is 0 Å². The first-order chi connectivity index (χ1) is 5.77. The van der Waals surface area contributed by atoms with Crippen molar-refractivity contribution in [2.75, 3.05) is 6.54 Å². The SMILES string of the molecule is NCC(O)(C1CCCC1)C1CC1. The Labute approximate surface area is 74.1 Å². The first-order valence-electron chi connectivity index (χ1n) is 5.20. The Bertz CT molecular complexity index is 161. The molecule has 70 valence electrons. The van der Waals surface area contributed by atoms with Crippen molar-refractivity contribution in [3.05, 3.63) is 0 Å². The van der Waals surface area contributed by atoms with Gasteiger partial charge in [0.25, 0.3) is 0 Å². The zero-order chi connectivity index (χ0) is 8.60. The fraction of sp³-hybridized carbons (Fsp3) is 1.00. The molecule has 2 aliphatic rings. The second kappa shape index (κ2) is 3.00. The van der Waals surface area contributed by atoms with Crippen molar-refractivity contribution in [1.82, 2.24) is 0 Å². The molecule has 12 heavy (non-hydrogen) atoms. The molecule has 2 nitrogen and oxygen atoms in total. The first kappa shape index (κ1) is 8.52. The molecular weight excluding hydrogens is 150 g/mol. The zero-order valence-corrected chi connectivity index (χ0v) is 7.63. The summed E-state index contributed by atoms with van der Waals surface area (Å²) in [6.07, 6.45) is 7.38. The molecule has 0 aromatic heterocycles. The normalized spacial score (nSPS) is 30.5. The molecule has 0 bridgehead atoms. The van der Waals surface area contributed by atoms with E-state index in [1.54, 1.807) is 0 Å². The van der Waals surface area contributed by atoms with E-state index in [1.807, 2.05) is 0 Å². The highest BCUT2D eigenvalue weighted by molar-refractivity contribution is 5.00. The van der Waals surface area contributed by atoms with Crippen LogP contribution in [0.15, 0.2) is 0 Å². The van der Waals surface area contributed by atoms with E-state index in [1.165, 1.54) is 38.5 Å². The summed E-state index contributed by atoms with van der Waals surface area (Å²) < 4.78 is 0. The lowest BCUT2D eigenvalue weighted by Gasteiger charge is -2.33. The van der Waals surface area contributed by atoms with Crippen LogP contribution in [0, 0.1) is 11.8 Å². The van der Waals surface area contributed by atoms with Gasteiger partial charge in [-0.25, -0.2) is 0 Å².